The largest absolute Gasteiger partial charge is 0.349 e. The van der Waals surface area contributed by atoms with Crippen molar-refractivity contribution in [1.29, 1.82) is 0 Å². The van der Waals surface area contributed by atoms with Gasteiger partial charge in [-0.1, -0.05) is 29.6 Å². The fraction of sp³-hybridized carbons (Fsp3) is 0.318. The SMILES string of the molecule is CCC(C)(C)NC(=O)C(c1ccncc1)N(Cc1ccccc1F)C(=O)c1csnn1. The van der Waals surface area contributed by atoms with Crippen molar-refractivity contribution in [3.05, 3.63) is 76.8 Å². The minimum atomic E-state index is -1.01. The Morgan fingerprint density at radius 2 is 1.90 bits per heavy atom. The highest BCUT2D eigenvalue weighted by Gasteiger charge is 2.35. The van der Waals surface area contributed by atoms with Gasteiger partial charge in [-0.05, 0) is 55.6 Å². The molecule has 0 radical (unpaired) electrons. The predicted molar refractivity (Wildman–Crippen MR) is 116 cm³/mol. The zero-order chi connectivity index (χ0) is 22.4. The number of hydrogen-bond acceptors (Lipinski definition) is 6. The van der Waals surface area contributed by atoms with Crippen molar-refractivity contribution in [3.8, 4) is 0 Å². The zero-order valence-corrected chi connectivity index (χ0v) is 18.4. The quantitative estimate of drug-likeness (QED) is 0.575. The molecular formula is C22H24FN5O2S. The van der Waals surface area contributed by atoms with Crippen LogP contribution in [-0.2, 0) is 11.3 Å². The van der Waals surface area contributed by atoms with Crippen molar-refractivity contribution >= 4 is 23.3 Å². The van der Waals surface area contributed by atoms with Crippen molar-refractivity contribution in [2.75, 3.05) is 0 Å². The summed E-state index contributed by atoms with van der Waals surface area (Å²) in [6.07, 6.45) is 3.80. The van der Waals surface area contributed by atoms with Crippen molar-refractivity contribution < 1.29 is 14.0 Å². The smallest absolute Gasteiger partial charge is 0.276 e. The van der Waals surface area contributed by atoms with Crippen LogP contribution in [0.4, 0.5) is 4.39 Å². The van der Waals surface area contributed by atoms with Gasteiger partial charge in [-0.3, -0.25) is 14.6 Å². The first-order valence-electron chi connectivity index (χ1n) is 9.86. The maximum absolute atomic E-state index is 14.5. The summed E-state index contributed by atoms with van der Waals surface area (Å²) in [6.45, 7) is 5.66. The number of carbonyl (C=O) groups is 2. The highest BCUT2D eigenvalue weighted by Crippen LogP contribution is 2.27. The van der Waals surface area contributed by atoms with E-state index in [0.29, 0.717) is 17.5 Å². The van der Waals surface area contributed by atoms with Crippen LogP contribution < -0.4 is 5.32 Å². The zero-order valence-electron chi connectivity index (χ0n) is 17.6. The Balaban J connectivity index is 2.08. The second-order valence-electron chi connectivity index (χ2n) is 7.72. The van der Waals surface area contributed by atoms with E-state index in [1.807, 2.05) is 20.8 Å². The lowest BCUT2D eigenvalue weighted by atomic mass is 9.98. The molecule has 162 valence electrons. The Morgan fingerprint density at radius 1 is 1.19 bits per heavy atom. The summed E-state index contributed by atoms with van der Waals surface area (Å²) >= 11 is 1.03. The minimum Gasteiger partial charge on any atom is -0.349 e. The summed E-state index contributed by atoms with van der Waals surface area (Å²) in [4.78, 5) is 32.2. The third-order valence-electron chi connectivity index (χ3n) is 5.07. The number of carbonyl (C=O) groups excluding carboxylic acids is 2. The summed E-state index contributed by atoms with van der Waals surface area (Å²) in [7, 11) is 0. The van der Waals surface area contributed by atoms with Crippen LogP contribution in [-0.4, -0.2) is 36.8 Å². The van der Waals surface area contributed by atoms with Gasteiger partial charge >= 0.3 is 0 Å². The van der Waals surface area contributed by atoms with Crippen LogP contribution in [0.15, 0.2) is 54.2 Å². The number of halogens is 1. The highest BCUT2D eigenvalue weighted by molar-refractivity contribution is 7.03. The number of nitrogens with zero attached hydrogens (tertiary/aromatic N) is 4. The Kier molecular flexibility index (Phi) is 7.06. The van der Waals surface area contributed by atoms with Crippen LogP contribution in [0, 0.1) is 5.82 Å². The fourth-order valence-electron chi connectivity index (χ4n) is 3.00. The molecule has 1 N–H and O–H groups in total. The number of nitrogens with one attached hydrogen (secondary N) is 1. The number of pyridine rings is 1. The predicted octanol–water partition coefficient (Wildman–Crippen LogP) is 3.76. The van der Waals surface area contributed by atoms with E-state index in [0.717, 1.165) is 11.5 Å². The van der Waals surface area contributed by atoms with E-state index in [4.69, 9.17) is 0 Å². The van der Waals surface area contributed by atoms with E-state index in [2.05, 4.69) is 19.9 Å². The maximum Gasteiger partial charge on any atom is 0.276 e. The molecule has 0 spiro atoms. The molecule has 0 bridgehead atoms. The molecule has 2 aromatic heterocycles. The average Bonchev–Trinajstić information content (AvgIpc) is 3.29. The molecule has 7 nitrogen and oxygen atoms in total. The molecule has 1 atom stereocenters. The molecule has 3 rings (SSSR count). The number of hydrogen-bond donors (Lipinski definition) is 1. The summed E-state index contributed by atoms with van der Waals surface area (Å²) < 4.78 is 18.2. The molecule has 0 aliphatic heterocycles. The normalized spacial score (nSPS) is 12.3. The van der Waals surface area contributed by atoms with Gasteiger partial charge in [0.1, 0.15) is 11.9 Å². The lowest BCUT2D eigenvalue weighted by Gasteiger charge is -2.34. The monoisotopic (exact) mass is 441 g/mol. The standard InChI is InChI=1S/C22H24FN5O2S/c1-4-22(2,3)25-20(29)19(15-9-11-24-12-10-15)28(21(30)18-14-31-27-26-18)13-16-7-5-6-8-17(16)23/h5-12,14,19H,4,13H2,1-3H3,(H,25,29). The van der Waals surface area contributed by atoms with E-state index < -0.39 is 23.3 Å². The third-order valence-corrected chi connectivity index (χ3v) is 5.57. The second-order valence-corrected chi connectivity index (χ2v) is 8.33. The van der Waals surface area contributed by atoms with Gasteiger partial charge in [-0.2, -0.15) is 0 Å². The first-order valence-corrected chi connectivity index (χ1v) is 10.7. The van der Waals surface area contributed by atoms with Crippen LogP contribution in [0.2, 0.25) is 0 Å². The molecule has 0 aliphatic rings. The minimum absolute atomic E-state index is 0.1000. The Labute approximate surface area is 184 Å². The number of aromatic nitrogens is 3. The Bertz CT molecular complexity index is 1030. The number of rotatable bonds is 8. The molecule has 0 fully saturated rings. The molecule has 31 heavy (non-hydrogen) atoms. The first-order chi connectivity index (χ1) is 14.8. The van der Waals surface area contributed by atoms with E-state index in [9.17, 15) is 14.0 Å². The average molecular weight is 442 g/mol. The molecule has 1 unspecified atom stereocenters. The van der Waals surface area contributed by atoms with Crippen LogP contribution in [0.3, 0.4) is 0 Å². The highest BCUT2D eigenvalue weighted by atomic mass is 32.1. The molecule has 0 aliphatic carbocycles. The molecule has 9 heteroatoms. The molecular weight excluding hydrogens is 417 g/mol. The van der Waals surface area contributed by atoms with Crippen molar-refractivity contribution in [2.45, 2.75) is 45.3 Å². The van der Waals surface area contributed by atoms with Crippen LogP contribution in [0.1, 0.15) is 54.8 Å². The lowest BCUT2D eigenvalue weighted by Crippen LogP contribution is -2.50. The number of benzene rings is 1. The van der Waals surface area contributed by atoms with Gasteiger partial charge in [0.25, 0.3) is 5.91 Å². The van der Waals surface area contributed by atoms with Gasteiger partial charge in [0, 0.05) is 28.9 Å². The van der Waals surface area contributed by atoms with Crippen molar-refractivity contribution in [2.24, 2.45) is 0 Å². The summed E-state index contributed by atoms with van der Waals surface area (Å²) in [5.74, 6) is -1.34. The van der Waals surface area contributed by atoms with E-state index >= 15 is 0 Å². The Morgan fingerprint density at radius 3 is 2.52 bits per heavy atom. The topological polar surface area (TPSA) is 88.1 Å². The lowest BCUT2D eigenvalue weighted by molar-refractivity contribution is -0.127. The van der Waals surface area contributed by atoms with Crippen LogP contribution in [0.5, 0.6) is 0 Å². The van der Waals surface area contributed by atoms with Crippen LogP contribution >= 0.6 is 11.5 Å². The summed E-state index contributed by atoms with van der Waals surface area (Å²) in [5, 5.41) is 8.38. The molecule has 0 saturated carbocycles. The number of amides is 2. The second kappa shape index (κ2) is 9.74. The van der Waals surface area contributed by atoms with E-state index in [1.165, 1.54) is 16.3 Å². The molecule has 3 aromatic rings. The maximum atomic E-state index is 14.5. The van der Waals surface area contributed by atoms with E-state index in [1.54, 1.807) is 42.7 Å². The van der Waals surface area contributed by atoms with Gasteiger partial charge in [0.2, 0.25) is 5.91 Å². The van der Waals surface area contributed by atoms with E-state index in [-0.39, 0.29) is 18.1 Å². The Hall–Kier alpha value is -3.20. The molecule has 1 aromatic carbocycles. The molecule has 2 amide bonds. The first kappa shape index (κ1) is 22.5. The fourth-order valence-corrected chi connectivity index (χ4v) is 3.43. The van der Waals surface area contributed by atoms with Crippen LogP contribution in [0.25, 0.3) is 0 Å². The van der Waals surface area contributed by atoms with Gasteiger partial charge in [-0.25, -0.2) is 4.39 Å². The molecule has 2 heterocycles. The van der Waals surface area contributed by atoms with Gasteiger partial charge < -0.3 is 10.2 Å². The van der Waals surface area contributed by atoms with Gasteiger partial charge in [-0.15, -0.1) is 5.10 Å². The third kappa shape index (κ3) is 5.49. The van der Waals surface area contributed by atoms with Gasteiger partial charge in [0.05, 0.1) is 6.54 Å². The summed E-state index contributed by atoms with van der Waals surface area (Å²) in [5.41, 5.74) is 0.466. The van der Waals surface area contributed by atoms with Crippen molar-refractivity contribution in [3.63, 3.8) is 0 Å². The van der Waals surface area contributed by atoms with Gasteiger partial charge in [0.15, 0.2) is 5.69 Å². The molecule has 0 saturated heterocycles. The summed E-state index contributed by atoms with van der Waals surface area (Å²) in [6, 6.07) is 8.51. The van der Waals surface area contributed by atoms with Crippen molar-refractivity contribution in [1.82, 2.24) is 24.8 Å².